The van der Waals surface area contributed by atoms with Crippen LogP contribution in [0, 0.1) is 6.92 Å². The molecule has 160 valence electrons. The molecule has 3 aromatic carbocycles. The van der Waals surface area contributed by atoms with Gasteiger partial charge in [0, 0.05) is 10.9 Å². The molecule has 1 atom stereocenters. The van der Waals surface area contributed by atoms with E-state index < -0.39 is 18.2 Å². The number of hydrogen-bond donors (Lipinski definition) is 0. The number of rotatable bonds is 7. The van der Waals surface area contributed by atoms with Crippen LogP contribution in [0.5, 0.6) is 11.5 Å². The first-order valence-electron chi connectivity index (χ1n) is 9.18. The molecule has 0 heterocycles. The lowest BCUT2D eigenvalue weighted by atomic mass is 10.1. The molecular formula is C23H19Cl2O5P. The fraction of sp³-hybridized carbons (Fsp3) is 0.130. The Morgan fingerprint density at radius 1 is 0.774 bits per heavy atom. The van der Waals surface area contributed by atoms with Crippen molar-refractivity contribution in [2.24, 2.45) is 0 Å². The molecular weight excluding hydrogens is 458 g/mol. The van der Waals surface area contributed by atoms with Gasteiger partial charge in [-0.05, 0) is 30.7 Å². The number of benzene rings is 3. The smallest absolute Gasteiger partial charge is 0.249 e. The van der Waals surface area contributed by atoms with E-state index >= 15 is 0 Å². The molecule has 3 rings (SSSR count). The predicted octanol–water partition coefficient (Wildman–Crippen LogP) is 5.99. The van der Waals surface area contributed by atoms with Crippen LogP contribution >= 0.6 is 30.3 Å². The second-order valence-corrected chi connectivity index (χ2v) is 10.0. The summed E-state index contributed by atoms with van der Waals surface area (Å²) in [6.45, 7) is 1.67. The minimum atomic E-state index is -4.43. The number of halogens is 2. The summed E-state index contributed by atoms with van der Waals surface area (Å²) in [5, 5.41) is 0.306. The first-order chi connectivity index (χ1) is 14.8. The molecule has 0 saturated heterocycles. The lowest BCUT2D eigenvalue weighted by Gasteiger charge is -2.21. The average molecular weight is 477 g/mol. The molecule has 31 heavy (non-hydrogen) atoms. The van der Waals surface area contributed by atoms with Gasteiger partial charge in [-0.15, -0.1) is 0 Å². The van der Waals surface area contributed by atoms with Gasteiger partial charge in [0.2, 0.25) is 18.2 Å². The van der Waals surface area contributed by atoms with E-state index in [-0.39, 0.29) is 38.0 Å². The van der Waals surface area contributed by atoms with E-state index in [2.05, 4.69) is 0 Å². The molecule has 0 aliphatic rings. The summed E-state index contributed by atoms with van der Waals surface area (Å²) < 4.78 is 25.1. The highest BCUT2D eigenvalue weighted by atomic mass is 35.5. The number of methoxy groups -OCH3 is 2. The third kappa shape index (κ3) is 4.01. The quantitative estimate of drug-likeness (QED) is 0.391. The second-order valence-electron chi connectivity index (χ2n) is 6.64. The van der Waals surface area contributed by atoms with E-state index in [0.717, 1.165) is 0 Å². The van der Waals surface area contributed by atoms with Crippen LogP contribution in [0.4, 0.5) is 0 Å². The van der Waals surface area contributed by atoms with Crippen molar-refractivity contribution in [1.29, 1.82) is 0 Å². The summed E-state index contributed by atoms with van der Waals surface area (Å²) in [7, 11) is -1.75. The molecule has 0 fully saturated rings. The summed E-state index contributed by atoms with van der Waals surface area (Å²) in [6, 6.07) is 15.7. The van der Waals surface area contributed by atoms with Crippen LogP contribution in [0.3, 0.4) is 0 Å². The second kappa shape index (κ2) is 9.27. The Labute approximate surface area is 190 Å². The van der Waals surface area contributed by atoms with Gasteiger partial charge in [0.1, 0.15) is 11.3 Å². The zero-order valence-electron chi connectivity index (χ0n) is 17.0. The summed E-state index contributed by atoms with van der Waals surface area (Å²) in [5.41, 5.74) is -1.44. The van der Waals surface area contributed by atoms with Crippen LogP contribution in [0.25, 0.3) is 0 Å². The number of carbonyl (C=O) groups is 2. The maximum Gasteiger partial charge on any atom is 0.249 e. The molecule has 0 aliphatic carbocycles. The summed E-state index contributed by atoms with van der Waals surface area (Å²) in [5.74, 6) is 0.0666. The van der Waals surface area contributed by atoms with E-state index in [1.807, 2.05) is 0 Å². The van der Waals surface area contributed by atoms with Crippen molar-refractivity contribution in [1.82, 2.24) is 0 Å². The highest BCUT2D eigenvalue weighted by Gasteiger charge is 2.46. The highest BCUT2D eigenvalue weighted by Crippen LogP contribution is 2.55. The topological polar surface area (TPSA) is 69.7 Å². The Hall–Kier alpha value is -2.59. The van der Waals surface area contributed by atoms with Crippen molar-refractivity contribution in [3.63, 3.8) is 0 Å². The Bertz CT molecular complexity index is 1190. The molecule has 0 aliphatic heterocycles. The fourth-order valence-corrected chi connectivity index (χ4v) is 6.29. The van der Waals surface area contributed by atoms with Crippen LogP contribution in [-0.4, -0.2) is 25.3 Å². The van der Waals surface area contributed by atoms with Gasteiger partial charge >= 0.3 is 0 Å². The Morgan fingerprint density at radius 3 is 2.00 bits per heavy atom. The summed E-state index contributed by atoms with van der Waals surface area (Å²) in [6.07, 6.45) is 0. The fourth-order valence-electron chi connectivity index (χ4n) is 3.29. The minimum Gasteiger partial charge on any atom is -0.496 e. The van der Waals surface area contributed by atoms with Crippen molar-refractivity contribution >= 4 is 46.7 Å². The number of hydrogen-bond acceptors (Lipinski definition) is 5. The Morgan fingerprint density at radius 2 is 1.42 bits per heavy atom. The SMILES string of the molecule is COc1ccc(Cl)c(OC)c1C(=O)P(=O)(C(=O)c1c(C)cccc1Cl)c1ccccc1. The van der Waals surface area contributed by atoms with Gasteiger partial charge in [0.15, 0.2) is 5.75 Å². The molecule has 0 spiro atoms. The number of carbonyl (C=O) groups excluding carboxylic acids is 2. The molecule has 8 heteroatoms. The van der Waals surface area contributed by atoms with Crippen LogP contribution in [0.2, 0.25) is 10.0 Å². The minimum absolute atomic E-state index is 0.0224. The lowest BCUT2D eigenvalue weighted by molar-refractivity contribution is 0.103. The third-order valence-electron chi connectivity index (χ3n) is 4.84. The molecule has 0 aromatic heterocycles. The molecule has 5 nitrogen and oxygen atoms in total. The van der Waals surface area contributed by atoms with Crippen molar-refractivity contribution in [2.45, 2.75) is 6.92 Å². The van der Waals surface area contributed by atoms with E-state index in [0.29, 0.717) is 5.56 Å². The largest absolute Gasteiger partial charge is 0.496 e. The zero-order valence-corrected chi connectivity index (χ0v) is 19.4. The molecule has 0 N–H and O–H groups in total. The lowest BCUT2D eigenvalue weighted by Crippen LogP contribution is -2.22. The van der Waals surface area contributed by atoms with Gasteiger partial charge in [-0.2, -0.15) is 0 Å². The summed E-state index contributed by atoms with van der Waals surface area (Å²) in [4.78, 5) is 27.6. The van der Waals surface area contributed by atoms with Crippen molar-refractivity contribution in [3.05, 3.63) is 87.4 Å². The van der Waals surface area contributed by atoms with Gasteiger partial charge in [-0.25, -0.2) is 0 Å². The zero-order chi connectivity index (χ0) is 22.8. The molecule has 0 bridgehead atoms. The highest BCUT2D eigenvalue weighted by molar-refractivity contribution is 8.01. The van der Waals surface area contributed by atoms with Crippen LogP contribution in [-0.2, 0) is 4.57 Å². The van der Waals surface area contributed by atoms with E-state index in [4.69, 9.17) is 32.7 Å². The molecule has 1 unspecified atom stereocenters. The molecule has 0 radical (unpaired) electrons. The van der Waals surface area contributed by atoms with Gasteiger partial charge in [-0.1, -0.05) is 65.7 Å². The first-order valence-corrected chi connectivity index (χ1v) is 11.6. The maximum atomic E-state index is 14.5. The standard InChI is InChI=1S/C23H19Cl2O5P/c1-14-8-7-11-16(24)19(14)22(26)31(28,15-9-5-4-6-10-15)23(27)20-18(29-2)13-12-17(25)21(20)30-3/h4-13H,1-3H3. The van der Waals surface area contributed by atoms with Crippen molar-refractivity contribution in [2.75, 3.05) is 14.2 Å². The normalized spacial score (nSPS) is 12.7. The molecule has 3 aromatic rings. The average Bonchev–Trinajstić information content (AvgIpc) is 2.78. The van der Waals surface area contributed by atoms with Gasteiger partial charge in [-0.3, -0.25) is 9.59 Å². The van der Waals surface area contributed by atoms with Gasteiger partial charge in [0.25, 0.3) is 0 Å². The van der Waals surface area contributed by atoms with Crippen LogP contribution in [0.1, 0.15) is 26.3 Å². The monoisotopic (exact) mass is 476 g/mol. The number of ether oxygens (including phenoxy) is 2. The summed E-state index contributed by atoms with van der Waals surface area (Å²) >= 11 is 12.5. The Kier molecular flexibility index (Phi) is 6.90. The van der Waals surface area contributed by atoms with Gasteiger partial charge in [0.05, 0.1) is 24.3 Å². The third-order valence-corrected chi connectivity index (χ3v) is 8.07. The van der Waals surface area contributed by atoms with Crippen molar-refractivity contribution in [3.8, 4) is 11.5 Å². The van der Waals surface area contributed by atoms with E-state index in [1.54, 1.807) is 37.3 Å². The molecule has 0 amide bonds. The van der Waals surface area contributed by atoms with E-state index in [1.165, 1.54) is 44.6 Å². The van der Waals surface area contributed by atoms with Gasteiger partial charge < -0.3 is 14.0 Å². The van der Waals surface area contributed by atoms with Crippen LogP contribution in [0.15, 0.2) is 60.7 Å². The number of aryl methyl sites for hydroxylation is 1. The maximum absolute atomic E-state index is 14.5. The van der Waals surface area contributed by atoms with E-state index in [9.17, 15) is 14.2 Å². The predicted molar refractivity (Wildman–Crippen MR) is 123 cm³/mol. The van der Waals surface area contributed by atoms with Crippen molar-refractivity contribution < 1.29 is 23.6 Å². The first kappa shape index (κ1) is 23.1. The van der Waals surface area contributed by atoms with Crippen LogP contribution < -0.4 is 14.8 Å². The molecule has 0 saturated carbocycles. The Balaban J connectivity index is 2.35.